The Morgan fingerprint density at radius 1 is 1.10 bits per heavy atom. The van der Waals surface area contributed by atoms with E-state index in [1.165, 1.54) is 6.07 Å². The first-order valence-corrected chi connectivity index (χ1v) is 11.6. The van der Waals surface area contributed by atoms with E-state index in [9.17, 15) is 12.8 Å². The maximum absolute atomic E-state index is 14.2. The number of pyridine rings is 1. The highest BCUT2D eigenvalue weighted by Crippen LogP contribution is 2.28. The van der Waals surface area contributed by atoms with Crippen LogP contribution >= 0.6 is 12.4 Å². The molecule has 0 saturated heterocycles. The van der Waals surface area contributed by atoms with Gasteiger partial charge in [0.15, 0.2) is 0 Å². The lowest BCUT2D eigenvalue weighted by molar-refractivity contribution is 0.322. The highest BCUT2D eigenvalue weighted by atomic mass is 35.5. The van der Waals surface area contributed by atoms with Crippen LogP contribution in [0.3, 0.4) is 0 Å². The highest BCUT2D eigenvalue weighted by molar-refractivity contribution is 7.90. The smallest absolute Gasteiger partial charge is 0.216 e. The molecule has 5 nitrogen and oxygen atoms in total. The van der Waals surface area contributed by atoms with Crippen molar-refractivity contribution in [3.8, 4) is 11.3 Å². The average Bonchev–Trinajstić information content (AvgIpc) is 2.68. The van der Waals surface area contributed by atoms with Gasteiger partial charge in [-0.25, -0.2) is 17.5 Å². The summed E-state index contributed by atoms with van der Waals surface area (Å²) in [5, 5.41) is 3.41. The number of rotatable bonds is 6. The predicted octanol–water partition coefficient (Wildman–Crippen LogP) is 5.00. The van der Waals surface area contributed by atoms with Crippen molar-refractivity contribution < 1.29 is 12.8 Å². The molecule has 0 atom stereocenters. The number of benzene rings is 1. The van der Waals surface area contributed by atoms with Crippen LogP contribution < -0.4 is 10.0 Å². The molecule has 166 valence electrons. The number of aromatic nitrogens is 1. The number of anilines is 1. The number of nitrogens with one attached hydrogen (secondary N) is 2. The van der Waals surface area contributed by atoms with Gasteiger partial charge in [0.2, 0.25) is 10.0 Å². The van der Waals surface area contributed by atoms with Crippen LogP contribution in [0.5, 0.6) is 0 Å². The Balaban J connectivity index is 0.00000320. The van der Waals surface area contributed by atoms with Crippen molar-refractivity contribution in [3.63, 3.8) is 0 Å². The average molecular weight is 456 g/mol. The molecule has 1 aromatic carbocycles. The molecule has 0 amide bonds. The SMILES string of the molecule is CC(C)(C)S(=O)(=O)NC1CCC(CNc2ccc(F)c(-c3ccccn3)c2)CC1.Cl. The number of hydrogen-bond donors (Lipinski definition) is 2. The zero-order valence-corrected chi connectivity index (χ0v) is 19.3. The van der Waals surface area contributed by atoms with Crippen molar-refractivity contribution in [1.29, 1.82) is 0 Å². The zero-order chi connectivity index (χ0) is 21.1. The quantitative estimate of drug-likeness (QED) is 0.643. The van der Waals surface area contributed by atoms with Crippen LogP contribution in [-0.2, 0) is 10.0 Å². The summed E-state index contributed by atoms with van der Waals surface area (Å²) in [5.41, 5.74) is 1.96. The Morgan fingerprint density at radius 3 is 2.40 bits per heavy atom. The number of hydrogen-bond acceptors (Lipinski definition) is 4. The largest absolute Gasteiger partial charge is 0.385 e. The first kappa shape index (κ1) is 24.6. The lowest BCUT2D eigenvalue weighted by atomic mass is 9.86. The van der Waals surface area contributed by atoms with Crippen molar-refractivity contribution in [2.45, 2.75) is 57.2 Å². The van der Waals surface area contributed by atoms with Crippen LogP contribution in [-0.4, -0.2) is 30.7 Å². The van der Waals surface area contributed by atoms with E-state index in [-0.39, 0.29) is 24.3 Å². The lowest BCUT2D eigenvalue weighted by Crippen LogP contribution is -2.46. The van der Waals surface area contributed by atoms with Crippen LogP contribution in [0.15, 0.2) is 42.6 Å². The molecular formula is C22H31ClFN3O2S. The Kier molecular flexibility index (Phi) is 8.25. The summed E-state index contributed by atoms with van der Waals surface area (Å²) >= 11 is 0. The van der Waals surface area contributed by atoms with Crippen molar-refractivity contribution in [1.82, 2.24) is 9.71 Å². The van der Waals surface area contributed by atoms with Gasteiger partial charge in [0, 0.05) is 30.0 Å². The van der Waals surface area contributed by atoms with Crippen LogP contribution in [0.25, 0.3) is 11.3 Å². The van der Waals surface area contributed by atoms with Gasteiger partial charge >= 0.3 is 0 Å². The minimum Gasteiger partial charge on any atom is -0.385 e. The third-order valence-electron chi connectivity index (χ3n) is 5.48. The standard InChI is InChI=1S/C22H30FN3O2S.ClH/c1-22(2,3)29(27,28)26-17-9-7-16(8-10-17)15-25-18-11-12-20(23)19(14-18)21-6-4-5-13-24-21;/h4-6,11-14,16-17,25-26H,7-10,15H2,1-3H3;1H. The molecule has 0 spiro atoms. The highest BCUT2D eigenvalue weighted by Gasteiger charge is 2.32. The number of sulfonamides is 1. The Hall–Kier alpha value is -1.70. The second kappa shape index (κ2) is 10.1. The monoisotopic (exact) mass is 455 g/mol. The van der Waals surface area contributed by atoms with Gasteiger partial charge < -0.3 is 5.32 Å². The molecule has 1 saturated carbocycles. The molecule has 30 heavy (non-hydrogen) atoms. The molecule has 1 heterocycles. The van der Waals surface area contributed by atoms with Gasteiger partial charge in [-0.15, -0.1) is 12.4 Å². The molecule has 1 fully saturated rings. The maximum atomic E-state index is 14.2. The first-order valence-electron chi connectivity index (χ1n) is 10.1. The molecule has 1 aliphatic rings. The topological polar surface area (TPSA) is 71.1 Å². The van der Waals surface area contributed by atoms with Crippen molar-refractivity contribution in [2.24, 2.45) is 5.92 Å². The van der Waals surface area contributed by atoms with E-state index in [0.29, 0.717) is 17.2 Å². The molecule has 3 rings (SSSR count). The summed E-state index contributed by atoms with van der Waals surface area (Å²) in [4.78, 5) is 4.23. The Labute approximate surface area is 185 Å². The number of nitrogens with zero attached hydrogens (tertiary/aromatic N) is 1. The predicted molar refractivity (Wildman–Crippen MR) is 123 cm³/mol. The second-order valence-corrected chi connectivity index (χ2v) is 11.2. The minimum atomic E-state index is -3.31. The normalized spacial score (nSPS) is 19.7. The van der Waals surface area contributed by atoms with E-state index < -0.39 is 14.8 Å². The lowest BCUT2D eigenvalue weighted by Gasteiger charge is -2.31. The first-order chi connectivity index (χ1) is 13.7. The zero-order valence-electron chi connectivity index (χ0n) is 17.7. The van der Waals surface area contributed by atoms with E-state index in [4.69, 9.17) is 0 Å². The number of halogens is 2. The van der Waals surface area contributed by atoms with Gasteiger partial charge in [-0.1, -0.05) is 6.07 Å². The third-order valence-corrected chi connectivity index (χ3v) is 7.73. The fourth-order valence-corrected chi connectivity index (χ4v) is 4.52. The summed E-state index contributed by atoms with van der Waals surface area (Å²) in [6, 6.07) is 10.4. The molecule has 0 radical (unpaired) electrons. The maximum Gasteiger partial charge on any atom is 0.216 e. The fourth-order valence-electron chi connectivity index (χ4n) is 3.50. The van der Waals surface area contributed by atoms with Crippen LogP contribution in [0.2, 0.25) is 0 Å². The van der Waals surface area contributed by atoms with E-state index >= 15 is 0 Å². The molecule has 0 aliphatic heterocycles. The molecule has 0 unspecified atom stereocenters. The molecule has 1 aromatic heterocycles. The van der Waals surface area contributed by atoms with Crippen LogP contribution in [0.1, 0.15) is 46.5 Å². The molecule has 2 aromatic rings. The molecular weight excluding hydrogens is 425 g/mol. The van der Waals surface area contributed by atoms with Gasteiger partial charge in [0.1, 0.15) is 5.82 Å². The van der Waals surface area contributed by atoms with Gasteiger partial charge in [-0.3, -0.25) is 4.98 Å². The third kappa shape index (κ3) is 6.15. The van der Waals surface area contributed by atoms with E-state index in [1.54, 1.807) is 51.2 Å². The van der Waals surface area contributed by atoms with Crippen LogP contribution in [0, 0.1) is 11.7 Å². The van der Waals surface area contributed by atoms with Crippen molar-refractivity contribution >= 4 is 28.1 Å². The molecule has 0 bridgehead atoms. The fraction of sp³-hybridized carbons (Fsp3) is 0.500. The molecule has 1 aliphatic carbocycles. The van der Waals surface area contributed by atoms with Crippen LogP contribution in [0.4, 0.5) is 10.1 Å². The summed E-state index contributed by atoms with van der Waals surface area (Å²) in [5.74, 6) is 0.176. The Morgan fingerprint density at radius 2 is 1.80 bits per heavy atom. The van der Waals surface area contributed by atoms with Gasteiger partial charge in [0.05, 0.1) is 10.4 Å². The van der Waals surface area contributed by atoms with E-state index in [1.807, 2.05) is 6.07 Å². The van der Waals surface area contributed by atoms with Gasteiger partial charge in [-0.2, -0.15) is 0 Å². The summed E-state index contributed by atoms with van der Waals surface area (Å²) < 4.78 is 40.9. The van der Waals surface area contributed by atoms with E-state index in [2.05, 4.69) is 15.0 Å². The minimum absolute atomic E-state index is 0. The molecule has 2 N–H and O–H groups in total. The van der Waals surface area contributed by atoms with Crippen molar-refractivity contribution in [3.05, 3.63) is 48.4 Å². The second-order valence-electron chi connectivity index (χ2n) is 8.74. The summed E-state index contributed by atoms with van der Waals surface area (Å²) in [7, 11) is -3.31. The molecule has 8 heteroatoms. The summed E-state index contributed by atoms with van der Waals surface area (Å²) in [6.45, 7) is 5.93. The summed E-state index contributed by atoms with van der Waals surface area (Å²) in [6.07, 6.45) is 5.24. The van der Waals surface area contributed by atoms with Gasteiger partial charge in [0.25, 0.3) is 0 Å². The van der Waals surface area contributed by atoms with E-state index in [0.717, 1.165) is 37.9 Å². The van der Waals surface area contributed by atoms with Crippen molar-refractivity contribution in [2.75, 3.05) is 11.9 Å². The Bertz CT molecular complexity index is 925. The van der Waals surface area contributed by atoms with Gasteiger partial charge in [-0.05, 0) is 82.7 Å².